The van der Waals surface area contributed by atoms with E-state index in [9.17, 15) is 41.0 Å². The summed E-state index contributed by atoms with van der Waals surface area (Å²) in [4.78, 5) is 30.7. The molecule has 0 radical (unpaired) electrons. The highest BCUT2D eigenvalue weighted by Crippen LogP contribution is 2.47. The number of carbonyl (C=O) groups excluding carboxylic acids is 2. The molecule has 4 aromatic rings. The molecule has 8 rings (SSSR count). The van der Waals surface area contributed by atoms with Crippen LogP contribution in [0.15, 0.2) is 97.1 Å². The molecule has 0 spiro atoms. The number of phenols is 1. The Balaban J connectivity index is 0.000000182. The van der Waals surface area contributed by atoms with Crippen molar-refractivity contribution in [2.75, 3.05) is 26.2 Å². The Morgan fingerprint density at radius 1 is 0.615 bits per heavy atom. The van der Waals surface area contributed by atoms with Crippen LogP contribution in [0.4, 0.5) is 26.3 Å². The Hall–Kier alpha value is -4.46. The highest BCUT2D eigenvalue weighted by atomic mass is 35.5. The van der Waals surface area contributed by atoms with Gasteiger partial charge in [0.1, 0.15) is 17.6 Å². The number of nitrogens with zero attached hydrogens (tertiary/aromatic N) is 2. The zero-order chi connectivity index (χ0) is 47.2. The van der Waals surface area contributed by atoms with Gasteiger partial charge in [-0.3, -0.25) is 9.59 Å². The van der Waals surface area contributed by atoms with Crippen LogP contribution in [0.1, 0.15) is 100 Å². The number of aliphatic hydroxyl groups is 1. The normalized spacial score (nSPS) is 21.2. The van der Waals surface area contributed by atoms with Gasteiger partial charge in [-0.2, -0.15) is 26.3 Å². The molecule has 2 N–H and O–H groups in total. The van der Waals surface area contributed by atoms with Gasteiger partial charge in [0.25, 0.3) is 0 Å². The minimum atomic E-state index is -4.37. The van der Waals surface area contributed by atoms with Crippen molar-refractivity contribution in [1.29, 1.82) is 0 Å². The molecule has 65 heavy (non-hydrogen) atoms. The van der Waals surface area contributed by atoms with Crippen molar-refractivity contribution in [2.45, 2.75) is 113 Å². The molecule has 2 aliphatic carbocycles. The van der Waals surface area contributed by atoms with E-state index in [2.05, 4.69) is 0 Å². The largest absolute Gasteiger partial charge is 0.508 e. The molecule has 2 saturated heterocycles. The number of carbonyl (C=O) groups is 2. The molecule has 0 bridgehead atoms. The SMILES string of the molecule is CC(O)C1CCCN(C(=O)C2(c3ccc(Cl)cc3)CCC2)C1.CC(Oc1ccc(C(F)(F)F)cc1)C1CCCN(C(=O)C2(c3ccc(Cl)cc3)CCC2)C1.Oc1ccc(C(F)(F)F)cc1. The number of aliphatic hydroxyl groups excluding tert-OH is 1. The molecular weight excluding hydrogens is 893 g/mol. The number of benzene rings is 4. The third-order valence-corrected chi connectivity index (χ3v) is 14.1. The number of hydrogen-bond donors (Lipinski definition) is 2. The fraction of sp³-hybridized carbons (Fsp3) is 0.480. The number of halogens is 8. The topological polar surface area (TPSA) is 90.3 Å². The summed E-state index contributed by atoms with van der Waals surface area (Å²) in [6.07, 6.45) is 0.190. The van der Waals surface area contributed by atoms with Gasteiger partial charge >= 0.3 is 12.4 Å². The van der Waals surface area contributed by atoms with Gasteiger partial charge in [-0.15, -0.1) is 0 Å². The fourth-order valence-electron chi connectivity index (χ4n) is 9.31. The minimum absolute atomic E-state index is 0.123. The van der Waals surface area contributed by atoms with Crippen molar-refractivity contribution in [3.8, 4) is 11.5 Å². The predicted octanol–water partition coefficient (Wildman–Crippen LogP) is 12.3. The van der Waals surface area contributed by atoms with Crippen molar-refractivity contribution in [2.24, 2.45) is 11.8 Å². The number of aromatic hydroxyl groups is 1. The maximum absolute atomic E-state index is 13.6. The summed E-state index contributed by atoms with van der Waals surface area (Å²) in [5.74, 6) is 0.977. The van der Waals surface area contributed by atoms with E-state index >= 15 is 0 Å². The van der Waals surface area contributed by atoms with Crippen molar-refractivity contribution in [1.82, 2.24) is 9.80 Å². The zero-order valence-corrected chi connectivity index (χ0v) is 38.0. The van der Waals surface area contributed by atoms with E-state index in [1.54, 1.807) is 0 Å². The minimum Gasteiger partial charge on any atom is -0.508 e. The van der Waals surface area contributed by atoms with Crippen LogP contribution in [-0.4, -0.2) is 70.2 Å². The molecule has 4 unspecified atom stereocenters. The Labute approximate surface area is 386 Å². The van der Waals surface area contributed by atoms with Gasteiger partial charge in [-0.05, 0) is 149 Å². The molecule has 2 amide bonds. The summed E-state index contributed by atoms with van der Waals surface area (Å²) in [6, 6.07) is 23.8. The second-order valence-corrected chi connectivity index (χ2v) is 18.7. The molecule has 4 aliphatic rings. The number of ether oxygens (including phenoxy) is 1. The van der Waals surface area contributed by atoms with Gasteiger partial charge in [-0.25, -0.2) is 0 Å². The molecule has 4 aromatic carbocycles. The molecule has 7 nitrogen and oxygen atoms in total. The quantitative estimate of drug-likeness (QED) is 0.172. The molecule has 2 aliphatic heterocycles. The van der Waals surface area contributed by atoms with Crippen molar-refractivity contribution in [3.05, 3.63) is 129 Å². The summed E-state index contributed by atoms with van der Waals surface area (Å²) < 4.78 is 79.8. The van der Waals surface area contributed by atoms with Crippen LogP contribution in [0.3, 0.4) is 0 Å². The first-order chi connectivity index (χ1) is 30.7. The van der Waals surface area contributed by atoms with Crippen molar-refractivity contribution < 1.29 is 50.9 Å². The maximum atomic E-state index is 13.6. The Kier molecular flexibility index (Phi) is 16.2. The summed E-state index contributed by atoms with van der Waals surface area (Å²) in [6.45, 7) is 6.57. The second-order valence-electron chi connectivity index (χ2n) is 17.8. The first-order valence-electron chi connectivity index (χ1n) is 22.2. The van der Waals surface area contributed by atoms with E-state index < -0.39 is 28.9 Å². The Morgan fingerprint density at radius 3 is 1.37 bits per heavy atom. The smallest absolute Gasteiger partial charge is 0.416 e. The maximum Gasteiger partial charge on any atom is 0.416 e. The van der Waals surface area contributed by atoms with Crippen LogP contribution in [-0.2, 0) is 32.8 Å². The summed E-state index contributed by atoms with van der Waals surface area (Å²) in [5, 5.41) is 19.9. The molecule has 4 fully saturated rings. The van der Waals surface area contributed by atoms with Crippen LogP contribution in [0.25, 0.3) is 0 Å². The molecule has 4 atom stereocenters. The third kappa shape index (κ3) is 12.1. The summed E-state index contributed by atoms with van der Waals surface area (Å²) >= 11 is 12.0. The lowest BCUT2D eigenvalue weighted by molar-refractivity contribution is -0.144. The molecule has 352 valence electrons. The number of hydrogen-bond acceptors (Lipinski definition) is 5. The van der Waals surface area contributed by atoms with E-state index in [0.29, 0.717) is 28.9 Å². The van der Waals surface area contributed by atoms with E-state index in [-0.39, 0.29) is 47.0 Å². The lowest BCUT2D eigenvalue weighted by atomic mass is 9.63. The van der Waals surface area contributed by atoms with Crippen molar-refractivity contribution >= 4 is 35.0 Å². The molecular formula is C50H56Cl2F6N2O5. The average molecular weight is 950 g/mol. The lowest BCUT2D eigenvalue weighted by Gasteiger charge is -2.46. The first-order valence-corrected chi connectivity index (χ1v) is 23.0. The van der Waals surface area contributed by atoms with Crippen molar-refractivity contribution in [3.63, 3.8) is 0 Å². The molecule has 15 heteroatoms. The van der Waals surface area contributed by atoms with Gasteiger partial charge < -0.3 is 24.7 Å². The standard InChI is InChI=1S/C25H27ClF3NO2.C18H24ClNO2.C7H5F3O/c1-17(32-22-11-7-20(8-12-22)25(27,28)29)18-4-2-15-30(16-18)23(31)24(13-3-14-24)19-5-9-21(26)10-6-19;1-13(21)14-4-2-11-20(12-14)17(22)18(9-3-10-18)15-5-7-16(19)8-6-15;8-7(9,10)5-1-3-6(11)4-2-5/h5-12,17-18H,2-4,13-16H2,1H3;5-8,13-14,21H,2-4,9-12H2,1H3;1-4,11H. The number of amides is 2. The second kappa shape index (κ2) is 21.0. The lowest BCUT2D eigenvalue weighted by Crippen LogP contribution is -2.54. The first kappa shape index (κ1) is 50.0. The number of likely N-dealkylation sites (tertiary alicyclic amines) is 2. The Morgan fingerprint density at radius 2 is 1.00 bits per heavy atom. The van der Waals surface area contributed by atoms with Crippen LogP contribution in [0.5, 0.6) is 11.5 Å². The van der Waals surface area contributed by atoms with Gasteiger partial charge in [0.15, 0.2) is 0 Å². The van der Waals surface area contributed by atoms with Crippen LogP contribution < -0.4 is 4.74 Å². The molecule has 2 heterocycles. The number of phenolic OH excluding ortho intramolecular Hbond substituents is 1. The van der Waals surface area contributed by atoms with Crippen LogP contribution in [0.2, 0.25) is 10.0 Å². The van der Waals surface area contributed by atoms with Gasteiger partial charge in [0.05, 0.1) is 28.1 Å². The average Bonchev–Trinajstić information content (AvgIpc) is 3.24. The van der Waals surface area contributed by atoms with E-state index in [0.717, 1.165) is 125 Å². The zero-order valence-electron chi connectivity index (χ0n) is 36.5. The fourth-order valence-corrected chi connectivity index (χ4v) is 9.56. The third-order valence-electron chi connectivity index (χ3n) is 13.6. The van der Waals surface area contributed by atoms with E-state index in [4.69, 9.17) is 33.0 Å². The number of rotatable bonds is 8. The molecule has 0 aromatic heterocycles. The number of alkyl halides is 6. The van der Waals surface area contributed by atoms with Gasteiger partial charge in [-0.1, -0.05) is 60.3 Å². The monoisotopic (exact) mass is 948 g/mol. The summed E-state index contributed by atoms with van der Waals surface area (Å²) in [5.41, 5.74) is -0.160. The predicted molar refractivity (Wildman–Crippen MR) is 239 cm³/mol. The number of piperidine rings is 2. The Bertz CT molecular complexity index is 2180. The molecule has 2 saturated carbocycles. The van der Waals surface area contributed by atoms with Gasteiger partial charge in [0, 0.05) is 48.1 Å². The van der Waals surface area contributed by atoms with Crippen LogP contribution >= 0.6 is 23.2 Å². The summed E-state index contributed by atoms with van der Waals surface area (Å²) in [7, 11) is 0. The highest BCUT2D eigenvalue weighted by molar-refractivity contribution is 6.30. The van der Waals surface area contributed by atoms with Gasteiger partial charge in [0.2, 0.25) is 11.8 Å². The van der Waals surface area contributed by atoms with Crippen LogP contribution in [0, 0.1) is 11.8 Å². The highest BCUT2D eigenvalue weighted by Gasteiger charge is 2.50. The van der Waals surface area contributed by atoms with E-state index in [1.807, 2.05) is 72.2 Å². The van der Waals surface area contributed by atoms with E-state index in [1.165, 1.54) is 12.1 Å².